The van der Waals surface area contributed by atoms with Crippen molar-refractivity contribution in [3.63, 3.8) is 0 Å². The summed E-state index contributed by atoms with van der Waals surface area (Å²) in [6.07, 6.45) is -0.316. The molecule has 0 radical (unpaired) electrons. The van der Waals surface area contributed by atoms with Crippen LogP contribution in [0.25, 0.3) is 0 Å². The number of aromatic nitrogens is 2. The molecule has 33 heavy (non-hydrogen) atoms. The predicted octanol–water partition coefficient (Wildman–Crippen LogP) is 0.405. The number of nitrogen functional groups attached to an aromatic ring is 1. The van der Waals surface area contributed by atoms with Gasteiger partial charge in [0, 0.05) is 6.20 Å². The van der Waals surface area contributed by atoms with Crippen LogP contribution in [0.15, 0.2) is 35.3 Å². The van der Waals surface area contributed by atoms with E-state index in [0.29, 0.717) is 11.5 Å². The number of aliphatic hydroxyl groups is 2. The molecule has 0 spiro atoms. The Hall–Kier alpha value is -3.12. The normalized spacial score (nSPS) is 24.5. The summed E-state index contributed by atoms with van der Waals surface area (Å²) in [4.78, 5) is 47.4. The summed E-state index contributed by atoms with van der Waals surface area (Å²) < 4.78 is 6.60. The lowest BCUT2D eigenvalue weighted by atomic mass is 9.98. The maximum Gasteiger partial charge on any atom is 0.351 e. The number of nitrogens with two attached hydrogens (primary N) is 1. The zero-order chi connectivity index (χ0) is 23.7. The lowest BCUT2D eigenvalue weighted by molar-refractivity contribution is -0.170. The van der Waals surface area contributed by atoms with E-state index in [2.05, 4.69) is 11.9 Å². The van der Waals surface area contributed by atoms with Crippen LogP contribution in [0.4, 0.5) is 5.82 Å². The Morgan fingerprint density at radius 3 is 2.67 bits per heavy atom. The van der Waals surface area contributed by atoms with Crippen LogP contribution in [0.5, 0.6) is 0 Å². The maximum absolute atomic E-state index is 13.1. The van der Waals surface area contributed by atoms with Gasteiger partial charge in [0.25, 0.3) is 11.8 Å². The summed E-state index contributed by atoms with van der Waals surface area (Å²) >= 11 is 0. The molecule has 4 atom stereocenters. The van der Waals surface area contributed by atoms with E-state index in [-0.39, 0.29) is 16.9 Å². The zero-order valence-electron chi connectivity index (χ0n) is 18.1. The number of aryl methyl sites for hydroxylation is 1. The molecule has 1 aromatic carbocycles. The van der Waals surface area contributed by atoms with Gasteiger partial charge in [0.15, 0.2) is 6.23 Å². The van der Waals surface area contributed by atoms with Crippen molar-refractivity contribution in [3.05, 3.63) is 57.6 Å². The topological polar surface area (TPSA) is 157 Å². The van der Waals surface area contributed by atoms with Gasteiger partial charge in [0.1, 0.15) is 24.1 Å². The minimum absolute atomic E-state index is 0.00369. The molecule has 0 bridgehead atoms. The van der Waals surface area contributed by atoms with Crippen LogP contribution >= 0.6 is 0 Å². The van der Waals surface area contributed by atoms with Crippen molar-refractivity contribution >= 4 is 17.6 Å². The Morgan fingerprint density at radius 2 is 1.97 bits per heavy atom. The van der Waals surface area contributed by atoms with Crippen LogP contribution in [0.3, 0.4) is 0 Å². The van der Waals surface area contributed by atoms with Gasteiger partial charge in [-0.15, -0.1) is 5.06 Å². The van der Waals surface area contributed by atoms with Crippen LogP contribution in [-0.2, 0) is 16.0 Å². The number of hydrogen-bond donors (Lipinski definition) is 3. The van der Waals surface area contributed by atoms with Gasteiger partial charge in [-0.25, -0.2) is 4.79 Å². The summed E-state index contributed by atoms with van der Waals surface area (Å²) in [5.74, 6) is -1.30. The number of unbranched alkanes of at least 4 members (excludes halogenated alkanes) is 2. The quantitative estimate of drug-likeness (QED) is 0.376. The van der Waals surface area contributed by atoms with Gasteiger partial charge in [-0.1, -0.05) is 31.9 Å². The van der Waals surface area contributed by atoms with Crippen LogP contribution in [-0.4, -0.2) is 61.6 Å². The summed E-state index contributed by atoms with van der Waals surface area (Å²) in [6.45, 7) is 1.49. The molecule has 0 aliphatic carbocycles. The van der Waals surface area contributed by atoms with Gasteiger partial charge in [-0.3, -0.25) is 19.0 Å². The molecule has 1 fully saturated rings. The Balaban J connectivity index is 1.57. The molecule has 1 saturated heterocycles. The van der Waals surface area contributed by atoms with Crippen molar-refractivity contribution in [2.24, 2.45) is 0 Å². The molecule has 176 valence electrons. The van der Waals surface area contributed by atoms with Crippen molar-refractivity contribution in [1.82, 2.24) is 14.6 Å². The first-order valence-corrected chi connectivity index (χ1v) is 10.8. The third kappa shape index (κ3) is 4.15. The maximum atomic E-state index is 13.1. The number of fused-ring (bicyclic) bond motifs is 1. The van der Waals surface area contributed by atoms with Gasteiger partial charge in [0.05, 0.1) is 17.7 Å². The van der Waals surface area contributed by atoms with E-state index in [4.69, 9.17) is 15.3 Å². The number of nitrogens with zero attached hydrogens (tertiary/aromatic N) is 3. The highest BCUT2D eigenvalue weighted by Crippen LogP contribution is 2.34. The van der Waals surface area contributed by atoms with Crippen LogP contribution in [0.2, 0.25) is 0 Å². The first-order valence-electron chi connectivity index (χ1n) is 10.8. The third-order valence-electron chi connectivity index (χ3n) is 5.86. The number of carbonyl (C=O) groups excluding carboxylic acids is 2. The summed E-state index contributed by atoms with van der Waals surface area (Å²) in [5, 5.41) is 21.2. The van der Waals surface area contributed by atoms with Crippen molar-refractivity contribution < 1.29 is 29.4 Å². The van der Waals surface area contributed by atoms with Gasteiger partial charge in [-0.2, -0.15) is 4.98 Å². The molecule has 4 rings (SSSR count). The molecular formula is C22H26N4O7. The van der Waals surface area contributed by atoms with Crippen LogP contribution in [0.1, 0.15) is 58.7 Å². The number of anilines is 1. The van der Waals surface area contributed by atoms with E-state index in [0.717, 1.165) is 29.4 Å². The van der Waals surface area contributed by atoms with E-state index < -0.39 is 48.7 Å². The SMILES string of the molecule is CCCCCc1cccc2c1C(=O)N(O[C@H]1[C@@H](O)[C@H](n3ccc(N)nc3=O)O[C@@H]1CO)C2=O. The number of hydroxylamine groups is 2. The average molecular weight is 458 g/mol. The Labute approximate surface area is 189 Å². The fourth-order valence-corrected chi connectivity index (χ4v) is 4.17. The first-order chi connectivity index (χ1) is 15.9. The Bertz CT molecular complexity index is 1120. The average Bonchev–Trinajstić information content (AvgIpc) is 3.23. The second kappa shape index (κ2) is 9.40. The Kier molecular flexibility index (Phi) is 6.56. The van der Waals surface area contributed by atoms with Crippen LogP contribution in [0, 0.1) is 0 Å². The molecule has 2 aliphatic heterocycles. The number of carbonyl (C=O) groups is 2. The van der Waals surface area contributed by atoms with Crippen molar-refractivity contribution in [2.45, 2.75) is 57.1 Å². The van der Waals surface area contributed by atoms with Crippen molar-refractivity contribution in [3.8, 4) is 0 Å². The van der Waals surface area contributed by atoms with Crippen LogP contribution < -0.4 is 11.4 Å². The molecule has 3 heterocycles. The highest BCUT2D eigenvalue weighted by Gasteiger charge is 2.50. The smallest absolute Gasteiger partial charge is 0.351 e. The number of aliphatic hydroxyl groups excluding tert-OH is 2. The fraction of sp³-hybridized carbons (Fsp3) is 0.455. The summed E-state index contributed by atoms with van der Waals surface area (Å²) in [5.41, 5.74) is 5.99. The van der Waals surface area contributed by atoms with E-state index in [1.807, 2.05) is 6.07 Å². The predicted molar refractivity (Wildman–Crippen MR) is 115 cm³/mol. The molecular weight excluding hydrogens is 432 g/mol. The first kappa shape index (κ1) is 23.1. The van der Waals surface area contributed by atoms with Crippen molar-refractivity contribution in [1.29, 1.82) is 0 Å². The summed E-state index contributed by atoms with van der Waals surface area (Å²) in [7, 11) is 0. The molecule has 0 saturated carbocycles. The van der Waals surface area contributed by atoms with Gasteiger partial charge < -0.3 is 20.7 Å². The minimum atomic E-state index is -1.49. The lowest BCUT2D eigenvalue weighted by Crippen LogP contribution is -2.44. The molecule has 1 aromatic heterocycles. The highest BCUT2D eigenvalue weighted by molar-refractivity contribution is 6.21. The zero-order valence-corrected chi connectivity index (χ0v) is 18.1. The molecule has 11 nitrogen and oxygen atoms in total. The molecule has 2 aromatic rings. The number of imide groups is 1. The number of benzene rings is 1. The van der Waals surface area contributed by atoms with E-state index in [1.165, 1.54) is 12.3 Å². The highest BCUT2D eigenvalue weighted by atomic mass is 16.7. The van der Waals surface area contributed by atoms with Crippen molar-refractivity contribution in [2.75, 3.05) is 12.3 Å². The third-order valence-corrected chi connectivity index (χ3v) is 5.86. The standard InChI is InChI=1S/C22H26N4O7/c1-2-3-4-6-12-7-5-8-13-16(12)20(30)26(19(13)29)33-18-14(11-27)32-21(17(18)28)25-10-9-15(23)24-22(25)31/h5,7-10,14,17-18,21,27-28H,2-4,6,11H2,1H3,(H2,23,24,31)/t14-,17-,18-,21-/m1/s1. The number of amides is 2. The number of rotatable bonds is 8. The van der Waals surface area contributed by atoms with E-state index in [9.17, 15) is 24.6 Å². The minimum Gasteiger partial charge on any atom is -0.394 e. The second-order valence-electron chi connectivity index (χ2n) is 8.05. The Morgan fingerprint density at radius 1 is 1.18 bits per heavy atom. The monoisotopic (exact) mass is 458 g/mol. The fourth-order valence-electron chi connectivity index (χ4n) is 4.17. The summed E-state index contributed by atoms with van der Waals surface area (Å²) in [6, 6.07) is 6.43. The second-order valence-corrected chi connectivity index (χ2v) is 8.05. The van der Waals surface area contributed by atoms with E-state index >= 15 is 0 Å². The molecule has 4 N–H and O–H groups in total. The number of hydrogen-bond acceptors (Lipinski definition) is 9. The largest absolute Gasteiger partial charge is 0.394 e. The van der Waals surface area contributed by atoms with E-state index in [1.54, 1.807) is 12.1 Å². The molecule has 2 aliphatic rings. The number of ether oxygens (including phenoxy) is 1. The van der Waals surface area contributed by atoms with Gasteiger partial charge in [0.2, 0.25) is 0 Å². The molecule has 0 unspecified atom stereocenters. The van der Waals surface area contributed by atoms with Gasteiger partial charge in [-0.05, 0) is 30.5 Å². The molecule has 2 amide bonds. The van der Waals surface area contributed by atoms with Gasteiger partial charge >= 0.3 is 5.69 Å². The lowest BCUT2D eigenvalue weighted by Gasteiger charge is -2.23. The molecule has 11 heteroatoms.